The van der Waals surface area contributed by atoms with Gasteiger partial charge in [0, 0.05) is 13.0 Å². The van der Waals surface area contributed by atoms with Crippen LogP contribution >= 0.6 is 0 Å². The second-order valence-electron chi connectivity index (χ2n) is 7.95. The molecule has 1 amide bonds. The van der Waals surface area contributed by atoms with Gasteiger partial charge in [-0.25, -0.2) is 9.48 Å². The zero-order valence-corrected chi connectivity index (χ0v) is 16.6. The number of fused-ring (bicyclic) bond motifs is 1. The topological polar surface area (TPSA) is 68.9 Å². The summed E-state index contributed by atoms with van der Waals surface area (Å²) in [5.41, 5.74) is 2.19. The van der Waals surface area contributed by atoms with Crippen LogP contribution in [0.1, 0.15) is 63.0 Å². The van der Waals surface area contributed by atoms with E-state index < -0.39 is 0 Å². The second-order valence-corrected chi connectivity index (χ2v) is 7.95. The molecule has 1 aliphatic rings. The highest BCUT2D eigenvalue weighted by Crippen LogP contribution is 2.15. The molecule has 0 unspecified atom stereocenters. The quantitative estimate of drug-likeness (QED) is 0.850. The van der Waals surface area contributed by atoms with E-state index in [0.29, 0.717) is 12.5 Å². The maximum absolute atomic E-state index is 12.5. The van der Waals surface area contributed by atoms with E-state index in [0.717, 1.165) is 43.5 Å². The van der Waals surface area contributed by atoms with Crippen molar-refractivity contribution >= 4 is 5.91 Å². The van der Waals surface area contributed by atoms with Crippen LogP contribution in [0.5, 0.6) is 0 Å². The molecule has 0 bridgehead atoms. The van der Waals surface area contributed by atoms with E-state index in [2.05, 4.69) is 48.5 Å². The standard InChI is InChI=1S/C21H30N4O2/c1-15(2)13-17-8-10-18(11-9-17)16(3)22-20(26)14-25-21(27)24-12-6-4-5-7-19(24)23-25/h8-11,15-16H,4-7,12-14H2,1-3H3,(H,22,26)/t16-/m0/s1. The van der Waals surface area contributed by atoms with Gasteiger partial charge in [0.05, 0.1) is 6.04 Å². The Morgan fingerprint density at radius 3 is 2.59 bits per heavy atom. The Hall–Kier alpha value is -2.37. The highest BCUT2D eigenvalue weighted by Gasteiger charge is 2.18. The van der Waals surface area contributed by atoms with Crippen molar-refractivity contribution in [2.75, 3.05) is 0 Å². The molecule has 146 valence electrons. The highest BCUT2D eigenvalue weighted by molar-refractivity contribution is 5.76. The molecule has 2 aromatic rings. The van der Waals surface area contributed by atoms with Gasteiger partial charge >= 0.3 is 5.69 Å². The van der Waals surface area contributed by atoms with Gasteiger partial charge in [0.25, 0.3) is 0 Å². The van der Waals surface area contributed by atoms with Crippen molar-refractivity contribution < 1.29 is 4.79 Å². The summed E-state index contributed by atoms with van der Waals surface area (Å²) >= 11 is 0. The Balaban J connectivity index is 1.61. The van der Waals surface area contributed by atoms with Gasteiger partial charge < -0.3 is 5.32 Å². The van der Waals surface area contributed by atoms with Crippen LogP contribution in [0.4, 0.5) is 0 Å². The van der Waals surface area contributed by atoms with Crippen LogP contribution in [0, 0.1) is 5.92 Å². The van der Waals surface area contributed by atoms with Crippen LogP contribution in [-0.4, -0.2) is 20.3 Å². The van der Waals surface area contributed by atoms with Crippen molar-refractivity contribution in [3.63, 3.8) is 0 Å². The molecule has 0 fully saturated rings. The first-order chi connectivity index (χ1) is 12.9. The fourth-order valence-corrected chi connectivity index (χ4v) is 3.65. The van der Waals surface area contributed by atoms with E-state index in [4.69, 9.17) is 0 Å². The number of aryl methyl sites for hydroxylation is 1. The lowest BCUT2D eigenvalue weighted by Gasteiger charge is -2.15. The van der Waals surface area contributed by atoms with Crippen LogP contribution in [0.15, 0.2) is 29.1 Å². The van der Waals surface area contributed by atoms with Crippen LogP contribution in [0.2, 0.25) is 0 Å². The molecule has 0 saturated carbocycles. The summed E-state index contributed by atoms with van der Waals surface area (Å²) in [6.45, 7) is 7.03. The number of hydrogen-bond acceptors (Lipinski definition) is 3. The summed E-state index contributed by atoms with van der Waals surface area (Å²) in [6.07, 6.45) is 5.02. The lowest BCUT2D eigenvalue weighted by atomic mass is 10.00. The number of amides is 1. The zero-order valence-electron chi connectivity index (χ0n) is 16.6. The molecule has 0 radical (unpaired) electrons. The summed E-state index contributed by atoms with van der Waals surface area (Å²) in [4.78, 5) is 24.9. The molecule has 0 spiro atoms. The van der Waals surface area contributed by atoms with Crippen molar-refractivity contribution in [1.82, 2.24) is 19.7 Å². The number of hydrogen-bond donors (Lipinski definition) is 1. The van der Waals surface area contributed by atoms with Crippen molar-refractivity contribution in [3.8, 4) is 0 Å². The second kappa shape index (κ2) is 8.55. The van der Waals surface area contributed by atoms with Gasteiger partial charge in [-0.2, -0.15) is 5.10 Å². The Bertz CT molecular complexity index is 833. The monoisotopic (exact) mass is 370 g/mol. The number of nitrogens with zero attached hydrogens (tertiary/aromatic N) is 3. The minimum atomic E-state index is -0.191. The first-order valence-electron chi connectivity index (χ1n) is 9.98. The van der Waals surface area contributed by atoms with E-state index in [1.54, 1.807) is 4.57 Å². The van der Waals surface area contributed by atoms with E-state index in [1.165, 1.54) is 10.2 Å². The molecule has 1 aliphatic heterocycles. The molecule has 1 atom stereocenters. The number of benzene rings is 1. The summed E-state index contributed by atoms with van der Waals surface area (Å²) in [6, 6.07) is 8.26. The summed E-state index contributed by atoms with van der Waals surface area (Å²) in [7, 11) is 0. The molecule has 2 heterocycles. The van der Waals surface area contributed by atoms with E-state index in [1.807, 2.05) is 6.92 Å². The van der Waals surface area contributed by atoms with Crippen molar-refractivity contribution in [2.45, 2.75) is 72.0 Å². The van der Waals surface area contributed by atoms with E-state index in [-0.39, 0.29) is 24.2 Å². The van der Waals surface area contributed by atoms with Gasteiger partial charge in [-0.05, 0) is 43.2 Å². The number of carbonyl (C=O) groups excluding carboxylic acids is 1. The predicted octanol–water partition coefficient (Wildman–Crippen LogP) is 2.85. The van der Waals surface area contributed by atoms with Crippen LogP contribution in [-0.2, 0) is 30.7 Å². The van der Waals surface area contributed by atoms with Crippen LogP contribution < -0.4 is 11.0 Å². The van der Waals surface area contributed by atoms with Crippen molar-refractivity contribution in [3.05, 3.63) is 51.7 Å². The fraction of sp³-hybridized carbons (Fsp3) is 0.571. The molecule has 1 aromatic heterocycles. The number of rotatable bonds is 6. The van der Waals surface area contributed by atoms with Gasteiger partial charge in [-0.1, -0.05) is 44.5 Å². The normalized spacial score (nSPS) is 15.3. The van der Waals surface area contributed by atoms with Gasteiger partial charge in [0.15, 0.2) is 0 Å². The van der Waals surface area contributed by atoms with Crippen molar-refractivity contribution in [1.29, 1.82) is 0 Å². The largest absolute Gasteiger partial charge is 0.348 e. The molecule has 1 aromatic carbocycles. The molecular formula is C21H30N4O2. The maximum atomic E-state index is 12.5. The van der Waals surface area contributed by atoms with Crippen molar-refractivity contribution in [2.24, 2.45) is 5.92 Å². The minimum absolute atomic E-state index is 0.0331. The number of nitrogens with one attached hydrogen (secondary N) is 1. The van der Waals surface area contributed by atoms with E-state index in [9.17, 15) is 9.59 Å². The van der Waals surface area contributed by atoms with Crippen LogP contribution in [0.3, 0.4) is 0 Å². The summed E-state index contributed by atoms with van der Waals surface area (Å²) in [5.74, 6) is 1.24. The molecule has 6 heteroatoms. The first kappa shape index (κ1) is 19.4. The smallest absolute Gasteiger partial charge is 0.346 e. The Kier molecular flexibility index (Phi) is 6.14. The third-order valence-corrected chi connectivity index (χ3v) is 5.08. The third-order valence-electron chi connectivity index (χ3n) is 5.08. The Morgan fingerprint density at radius 1 is 1.15 bits per heavy atom. The fourth-order valence-electron chi connectivity index (χ4n) is 3.65. The Labute approximate surface area is 160 Å². The lowest BCUT2D eigenvalue weighted by Crippen LogP contribution is -2.35. The molecule has 27 heavy (non-hydrogen) atoms. The molecule has 1 N–H and O–H groups in total. The molecule has 3 rings (SSSR count). The van der Waals surface area contributed by atoms with Gasteiger partial charge in [0.1, 0.15) is 12.4 Å². The maximum Gasteiger partial charge on any atom is 0.346 e. The SMILES string of the molecule is CC(C)Cc1ccc([C@H](C)NC(=O)Cn2nc3n(c2=O)CCCCC3)cc1. The van der Waals surface area contributed by atoms with Gasteiger partial charge in [0.2, 0.25) is 5.91 Å². The number of carbonyl (C=O) groups is 1. The Morgan fingerprint density at radius 2 is 1.89 bits per heavy atom. The minimum Gasteiger partial charge on any atom is -0.348 e. The molecule has 0 saturated heterocycles. The highest BCUT2D eigenvalue weighted by atomic mass is 16.2. The van der Waals surface area contributed by atoms with Gasteiger partial charge in [-0.15, -0.1) is 0 Å². The lowest BCUT2D eigenvalue weighted by molar-refractivity contribution is -0.122. The molecular weight excluding hydrogens is 340 g/mol. The number of aromatic nitrogens is 3. The predicted molar refractivity (Wildman–Crippen MR) is 106 cm³/mol. The van der Waals surface area contributed by atoms with Gasteiger partial charge in [-0.3, -0.25) is 9.36 Å². The average Bonchev–Trinajstić information content (AvgIpc) is 2.79. The summed E-state index contributed by atoms with van der Waals surface area (Å²) < 4.78 is 3.02. The first-order valence-corrected chi connectivity index (χ1v) is 9.98. The van der Waals surface area contributed by atoms with Crippen LogP contribution in [0.25, 0.3) is 0 Å². The molecule has 0 aliphatic carbocycles. The van der Waals surface area contributed by atoms with E-state index >= 15 is 0 Å². The average molecular weight is 370 g/mol. The zero-order chi connectivity index (χ0) is 19.4. The molecule has 6 nitrogen and oxygen atoms in total. The third kappa shape index (κ3) is 4.87. The summed E-state index contributed by atoms with van der Waals surface area (Å²) in [5, 5.41) is 7.35.